The highest BCUT2D eigenvalue weighted by molar-refractivity contribution is 5.95. The molecule has 0 heterocycles. The van der Waals surface area contributed by atoms with Crippen molar-refractivity contribution in [3.05, 3.63) is 39.4 Å². The zero-order chi connectivity index (χ0) is 16.0. The van der Waals surface area contributed by atoms with E-state index in [-0.39, 0.29) is 18.1 Å². The molecule has 1 aromatic carbocycles. The molecule has 0 spiro atoms. The maximum atomic E-state index is 12.0. The maximum Gasteiger partial charge on any atom is 0.269 e. The lowest BCUT2D eigenvalue weighted by Crippen LogP contribution is -2.41. The molecule has 21 heavy (non-hydrogen) atoms. The van der Waals surface area contributed by atoms with Crippen LogP contribution < -0.4 is 5.32 Å². The number of nitro benzene ring substituents is 1. The minimum Gasteiger partial charge on any atom is -0.388 e. The number of non-ortho nitro benzene ring substituents is 1. The van der Waals surface area contributed by atoms with Gasteiger partial charge in [0.05, 0.1) is 10.5 Å². The summed E-state index contributed by atoms with van der Waals surface area (Å²) in [4.78, 5) is 22.2. The fourth-order valence-electron chi connectivity index (χ4n) is 1.79. The van der Waals surface area contributed by atoms with Crippen LogP contribution in [-0.4, -0.2) is 41.8 Å². The van der Waals surface area contributed by atoms with E-state index < -0.39 is 10.5 Å². The molecular weight excluding hydrogens is 276 g/mol. The first kappa shape index (κ1) is 17.1. The number of hydrogen-bond acceptors (Lipinski definition) is 5. The van der Waals surface area contributed by atoms with Crippen LogP contribution in [0.1, 0.15) is 29.3 Å². The van der Waals surface area contributed by atoms with Crippen LogP contribution >= 0.6 is 0 Å². The van der Waals surface area contributed by atoms with Gasteiger partial charge in [-0.15, -0.1) is 0 Å². The first-order valence-electron chi connectivity index (χ1n) is 6.51. The summed E-state index contributed by atoms with van der Waals surface area (Å²) in [5.41, 5.74) is -0.266. The topological polar surface area (TPSA) is 102 Å². The van der Waals surface area contributed by atoms with Crippen molar-refractivity contribution in [1.29, 1.82) is 0 Å². The van der Waals surface area contributed by atoms with E-state index in [0.29, 0.717) is 24.2 Å². The molecule has 0 radical (unpaired) electrons. The van der Waals surface area contributed by atoms with E-state index in [0.717, 1.165) is 0 Å². The van der Waals surface area contributed by atoms with Crippen LogP contribution in [0.15, 0.2) is 18.2 Å². The molecule has 1 atom stereocenters. The molecule has 0 aliphatic rings. The van der Waals surface area contributed by atoms with E-state index in [1.54, 1.807) is 13.8 Å². The molecule has 1 amide bonds. The SMILES string of the molecule is COCCC(C)(O)CNC(=O)c1ccc([N+](=O)[O-])cc1C. The molecule has 2 N–H and O–H groups in total. The molecule has 7 heteroatoms. The van der Waals surface area contributed by atoms with Crippen molar-refractivity contribution in [2.24, 2.45) is 0 Å². The Labute approximate surface area is 123 Å². The molecule has 0 aromatic heterocycles. The van der Waals surface area contributed by atoms with Gasteiger partial charge in [-0.25, -0.2) is 0 Å². The summed E-state index contributed by atoms with van der Waals surface area (Å²) in [6.07, 6.45) is 0.392. The van der Waals surface area contributed by atoms with Crippen molar-refractivity contribution < 1.29 is 19.6 Å². The highest BCUT2D eigenvalue weighted by atomic mass is 16.6. The zero-order valence-corrected chi connectivity index (χ0v) is 12.4. The number of carbonyl (C=O) groups excluding carboxylic acids is 1. The van der Waals surface area contributed by atoms with Gasteiger partial charge >= 0.3 is 0 Å². The first-order chi connectivity index (χ1) is 9.76. The standard InChI is InChI=1S/C14H20N2O5/c1-10-8-11(16(19)20)4-5-12(10)13(17)15-9-14(2,18)6-7-21-3/h4-5,8,18H,6-7,9H2,1-3H3,(H,15,17). The lowest BCUT2D eigenvalue weighted by molar-refractivity contribution is -0.384. The lowest BCUT2D eigenvalue weighted by atomic mass is 10.0. The summed E-state index contributed by atoms with van der Waals surface area (Å²) >= 11 is 0. The number of ether oxygens (including phenoxy) is 1. The number of benzene rings is 1. The number of nitrogens with one attached hydrogen (secondary N) is 1. The second-order valence-corrected chi connectivity index (χ2v) is 5.18. The molecule has 0 bridgehead atoms. The van der Waals surface area contributed by atoms with Crippen LogP contribution in [0.3, 0.4) is 0 Å². The molecule has 0 saturated carbocycles. The average Bonchev–Trinajstić information content (AvgIpc) is 2.42. The normalized spacial score (nSPS) is 13.5. The van der Waals surface area contributed by atoms with Gasteiger partial charge in [0, 0.05) is 44.4 Å². The van der Waals surface area contributed by atoms with Crippen LogP contribution in [0.5, 0.6) is 0 Å². The van der Waals surface area contributed by atoms with Gasteiger partial charge in [-0.3, -0.25) is 14.9 Å². The number of rotatable bonds is 7. The Kier molecular flexibility index (Phi) is 5.80. The number of aliphatic hydroxyl groups is 1. The Morgan fingerprint density at radius 1 is 1.52 bits per heavy atom. The van der Waals surface area contributed by atoms with Gasteiger partial charge < -0.3 is 15.2 Å². The third-order valence-electron chi connectivity index (χ3n) is 3.14. The summed E-state index contributed by atoms with van der Waals surface area (Å²) in [6.45, 7) is 3.70. The van der Waals surface area contributed by atoms with Gasteiger partial charge in [0.25, 0.3) is 11.6 Å². The quantitative estimate of drug-likeness (QED) is 0.585. The molecule has 0 aliphatic carbocycles. The van der Waals surface area contributed by atoms with E-state index in [2.05, 4.69) is 5.32 Å². The first-order valence-corrected chi connectivity index (χ1v) is 6.51. The summed E-state index contributed by atoms with van der Waals surface area (Å²) in [7, 11) is 1.54. The Hall–Kier alpha value is -1.99. The minimum absolute atomic E-state index is 0.0591. The van der Waals surface area contributed by atoms with Crippen molar-refractivity contribution in [3.63, 3.8) is 0 Å². The zero-order valence-electron chi connectivity index (χ0n) is 12.4. The van der Waals surface area contributed by atoms with Crippen molar-refractivity contribution in [2.75, 3.05) is 20.3 Å². The Balaban J connectivity index is 2.70. The number of methoxy groups -OCH3 is 1. The van der Waals surface area contributed by atoms with Gasteiger partial charge in [-0.2, -0.15) is 0 Å². The van der Waals surface area contributed by atoms with Gasteiger partial charge in [-0.1, -0.05) is 0 Å². The summed E-state index contributed by atoms with van der Waals surface area (Å²) in [5.74, 6) is -0.375. The van der Waals surface area contributed by atoms with E-state index >= 15 is 0 Å². The predicted molar refractivity (Wildman–Crippen MR) is 77.3 cm³/mol. The summed E-state index contributed by atoms with van der Waals surface area (Å²) < 4.78 is 4.89. The van der Waals surface area contributed by atoms with Crippen LogP contribution in [0, 0.1) is 17.0 Å². The molecule has 7 nitrogen and oxygen atoms in total. The van der Waals surface area contributed by atoms with Gasteiger partial charge in [0.15, 0.2) is 0 Å². The van der Waals surface area contributed by atoms with Gasteiger partial charge in [0.1, 0.15) is 0 Å². The minimum atomic E-state index is -1.07. The molecule has 0 aliphatic heterocycles. The number of aryl methyl sites for hydroxylation is 1. The fourth-order valence-corrected chi connectivity index (χ4v) is 1.79. The van der Waals surface area contributed by atoms with Crippen LogP contribution in [0.25, 0.3) is 0 Å². The number of nitro groups is 1. The van der Waals surface area contributed by atoms with E-state index in [1.165, 1.54) is 25.3 Å². The van der Waals surface area contributed by atoms with Gasteiger partial charge in [0.2, 0.25) is 0 Å². The summed E-state index contributed by atoms with van der Waals surface area (Å²) in [6, 6.07) is 4.04. The monoisotopic (exact) mass is 296 g/mol. The Bertz CT molecular complexity index is 528. The molecule has 0 saturated heterocycles. The number of nitrogens with zero attached hydrogens (tertiary/aromatic N) is 1. The highest BCUT2D eigenvalue weighted by Gasteiger charge is 2.22. The van der Waals surface area contributed by atoms with E-state index in [1.807, 2.05) is 0 Å². The number of amides is 1. The molecule has 1 rings (SSSR count). The second-order valence-electron chi connectivity index (χ2n) is 5.18. The number of carbonyl (C=O) groups is 1. The average molecular weight is 296 g/mol. The van der Waals surface area contributed by atoms with Crippen molar-refractivity contribution >= 4 is 11.6 Å². The molecule has 1 aromatic rings. The van der Waals surface area contributed by atoms with Crippen LogP contribution in [-0.2, 0) is 4.74 Å². The van der Waals surface area contributed by atoms with Crippen LogP contribution in [0.2, 0.25) is 0 Å². The Morgan fingerprint density at radius 3 is 2.71 bits per heavy atom. The Morgan fingerprint density at radius 2 is 2.19 bits per heavy atom. The molecular formula is C14H20N2O5. The molecule has 0 fully saturated rings. The van der Waals surface area contributed by atoms with Crippen LogP contribution in [0.4, 0.5) is 5.69 Å². The highest BCUT2D eigenvalue weighted by Crippen LogP contribution is 2.17. The van der Waals surface area contributed by atoms with E-state index in [9.17, 15) is 20.0 Å². The van der Waals surface area contributed by atoms with E-state index in [4.69, 9.17) is 4.74 Å². The third kappa shape index (κ3) is 5.13. The lowest BCUT2D eigenvalue weighted by Gasteiger charge is -2.23. The number of hydrogen-bond donors (Lipinski definition) is 2. The molecule has 116 valence electrons. The molecule has 1 unspecified atom stereocenters. The van der Waals surface area contributed by atoms with Crippen molar-refractivity contribution in [1.82, 2.24) is 5.32 Å². The van der Waals surface area contributed by atoms with Crippen molar-refractivity contribution in [2.45, 2.75) is 25.9 Å². The van der Waals surface area contributed by atoms with Gasteiger partial charge in [-0.05, 0) is 25.5 Å². The van der Waals surface area contributed by atoms with Crippen molar-refractivity contribution in [3.8, 4) is 0 Å². The third-order valence-corrected chi connectivity index (χ3v) is 3.14. The fraction of sp³-hybridized carbons (Fsp3) is 0.500. The smallest absolute Gasteiger partial charge is 0.269 e. The largest absolute Gasteiger partial charge is 0.388 e. The maximum absolute atomic E-state index is 12.0. The summed E-state index contributed by atoms with van der Waals surface area (Å²) in [5, 5.41) is 23.3. The predicted octanol–water partition coefficient (Wildman–Crippen LogP) is 1.42. The second kappa shape index (κ2) is 7.14.